The first kappa shape index (κ1) is 13.6. The molecule has 19 heavy (non-hydrogen) atoms. The van der Waals surface area contributed by atoms with E-state index >= 15 is 0 Å². The third-order valence-corrected chi connectivity index (χ3v) is 3.72. The Morgan fingerprint density at radius 1 is 1.47 bits per heavy atom. The summed E-state index contributed by atoms with van der Waals surface area (Å²) in [5, 5.41) is 12.1. The van der Waals surface area contributed by atoms with Crippen molar-refractivity contribution in [2.75, 3.05) is 0 Å². The maximum Gasteiger partial charge on any atom is 0.329 e. The first-order valence-corrected chi connectivity index (χ1v) is 6.55. The second-order valence-corrected chi connectivity index (χ2v) is 5.45. The van der Waals surface area contributed by atoms with Crippen molar-refractivity contribution in [3.05, 3.63) is 23.7 Å². The Kier molecular flexibility index (Phi) is 3.64. The van der Waals surface area contributed by atoms with Crippen LogP contribution in [0.1, 0.15) is 48.9 Å². The van der Waals surface area contributed by atoms with E-state index in [0.29, 0.717) is 24.5 Å². The fourth-order valence-corrected chi connectivity index (χ4v) is 2.75. The summed E-state index contributed by atoms with van der Waals surface area (Å²) in [4.78, 5) is 23.6. The Bertz CT molecular complexity index is 493. The number of hydrogen-bond donors (Lipinski definition) is 2. The van der Waals surface area contributed by atoms with Crippen LogP contribution in [0.5, 0.6) is 0 Å². The van der Waals surface area contributed by atoms with E-state index in [2.05, 4.69) is 5.32 Å². The number of carboxylic acid groups (broad SMARTS) is 1. The highest BCUT2D eigenvalue weighted by Crippen LogP contribution is 2.32. The minimum absolute atomic E-state index is 0.163. The fourth-order valence-electron chi connectivity index (χ4n) is 2.75. The number of carbonyl (C=O) groups excluding carboxylic acids is 1. The molecule has 0 aliphatic heterocycles. The molecule has 0 aromatic carbocycles. The predicted molar refractivity (Wildman–Crippen MR) is 68.9 cm³/mol. The standard InChI is InChI=1S/C14H19NO4/c1-9-4-3-7-14(8-9,13(17)18)15-12(16)11-6-5-10(2)19-11/h5-6,9H,3-4,7-8H2,1-2H3,(H,15,16)(H,17,18). The third kappa shape index (κ3) is 2.80. The summed E-state index contributed by atoms with van der Waals surface area (Å²) in [6.45, 7) is 3.76. The quantitative estimate of drug-likeness (QED) is 0.879. The lowest BCUT2D eigenvalue weighted by molar-refractivity contribution is -0.146. The molecule has 1 aliphatic carbocycles. The van der Waals surface area contributed by atoms with Crippen LogP contribution < -0.4 is 5.32 Å². The number of rotatable bonds is 3. The molecule has 0 bridgehead atoms. The van der Waals surface area contributed by atoms with Crippen molar-refractivity contribution in [3.8, 4) is 0 Å². The van der Waals surface area contributed by atoms with Gasteiger partial charge in [-0.15, -0.1) is 0 Å². The molecule has 0 radical (unpaired) electrons. The molecule has 1 saturated carbocycles. The molecule has 0 spiro atoms. The monoisotopic (exact) mass is 265 g/mol. The van der Waals surface area contributed by atoms with Gasteiger partial charge >= 0.3 is 5.97 Å². The summed E-state index contributed by atoms with van der Waals surface area (Å²) in [5.41, 5.74) is -1.16. The number of furan rings is 1. The van der Waals surface area contributed by atoms with Crippen LogP contribution in [0.2, 0.25) is 0 Å². The van der Waals surface area contributed by atoms with E-state index < -0.39 is 17.4 Å². The van der Waals surface area contributed by atoms with Gasteiger partial charge in [0.25, 0.3) is 5.91 Å². The van der Waals surface area contributed by atoms with Crippen LogP contribution in [0.25, 0.3) is 0 Å². The number of carboxylic acids is 1. The second-order valence-electron chi connectivity index (χ2n) is 5.45. The Morgan fingerprint density at radius 2 is 2.21 bits per heavy atom. The number of aliphatic carboxylic acids is 1. The molecule has 2 rings (SSSR count). The van der Waals surface area contributed by atoms with Crippen molar-refractivity contribution in [3.63, 3.8) is 0 Å². The lowest BCUT2D eigenvalue weighted by Crippen LogP contribution is -2.56. The maximum absolute atomic E-state index is 12.1. The zero-order valence-corrected chi connectivity index (χ0v) is 11.2. The number of carbonyl (C=O) groups is 2. The number of amides is 1. The molecule has 1 aromatic rings. The normalized spacial score (nSPS) is 26.9. The SMILES string of the molecule is Cc1ccc(C(=O)NC2(C(=O)O)CCCC(C)C2)o1. The molecule has 1 aliphatic rings. The van der Waals surface area contributed by atoms with E-state index in [-0.39, 0.29) is 5.76 Å². The molecule has 104 valence electrons. The van der Waals surface area contributed by atoms with Gasteiger partial charge in [-0.05, 0) is 37.8 Å². The Balaban J connectivity index is 2.17. The highest BCUT2D eigenvalue weighted by molar-refractivity contribution is 5.95. The van der Waals surface area contributed by atoms with Crippen LogP contribution in [0, 0.1) is 12.8 Å². The van der Waals surface area contributed by atoms with Crippen molar-refractivity contribution >= 4 is 11.9 Å². The van der Waals surface area contributed by atoms with Gasteiger partial charge in [0.05, 0.1) is 0 Å². The summed E-state index contributed by atoms with van der Waals surface area (Å²) < 4.78 is 5.23. The molecule has 1 amide bonds. The van der Waals surface area contributed by atoms with Gasteiger partial charge in [0.15, 0.2) is 5.76 Å². The van der Waals surface area contributed by atoms with Gasteiger partial charge in [-0.25, -0.2) is 4.79 Å². The largest absolute Gasteiger partial charge is 0.480 e. The number of nitrogens with one attached hydrogen (secondary N) is 1. The fraction of sp³-hybridized carbons (Fsp3) is 0.571. The van der Waals surface area contributed by atoms with Crippen molar-refractivity contribution in [2.45, 2.75) is 45.1 Å². The Morgan fingerprint density at radius 3 is 2.74 bits per heavy atom. The van der Waals surface area contributed by atoms with Gasteiger partial charge in [0, 0.05) is 0 Å². The molecular formula is C14H19NO4. The lowest BCUT2D eigenvalue weighted by atomic mass is 9.76. The number of aryl methyl sites for hydroxylation is 1. The molecule has 0 saturated heterocycles. The van der Waals surface area contributed by atoms with Crippen LogP contribution in [0.3, 0.4) is 0 Å². The molecule has 1 heterocycles. The minimum Gasteiger partial charge on any atom is -0.480 e. The zero-order valence-electron chi connectivity index (χ0n) is 11.2. The predicted octanol–water partition coefficient (Wildman–Crippen LogP) is 2.35. The van der Waals surface area contributed by atoms with Crippen molar-refractivity contribution in [1.29, 1.82) is 0 Å². The van der Waals surface area contributed by atoms with Crippen LogP contribution in [0.4, 0.5) is 0 Å². The van der Waals surface area contributed by atoms with Crippen molar-refractivity contribution in [2.24, 2.45) is 5.92 Å². The second kappa shape index (κ2) is 5.07. The molecule has 2 N–H and O–H groups in total. The molecule has 2 unspecified atom stereocenters. The summed E-state index contributed by atoms with van der Waals surface area (Å²) >= 11 is 0. The lowest BCUT2D eigenvalue weighted by Gasteiger charge is -2.36. The van der Waals surface area contributed by atoms with E-state index in [4.69, 9.17) is 4.42 Å². The van der Waals surface area contributed by atoms with Crippen LogP contribution in [-0.4, -0.2) is 22.5 Å². The van der Waals surface area contributed by atoms with Gasteiger partial charge in [0.1, 0.15) is 11.3 Å². The molecule has 2 atom stereocenters. The molecule has 1 fully saturated rings. The summed E-state index contributed by atoms with van der Waals surface area (Å²) in [5.74, 6) is -0.327. The highest BCUT2D eigenvalue weighted by Gasteiger charge is 2.43. The Hall–Kier alpha value is -1.78. The van der Waals surface area contributed by atoms with E-state index in [1.54, 1.807) is 19.1 Å². The topological polar surface area (TPSA) is 79.5 Å². The molecule has 5 nitrogen and oxygen atoms in total. The highest BCUT2D eigenvalue weighted by atomic mass is 16.4. The summed E-state index contributed by atoms with van der Waals surface area (Å²) in [6.07, 6.45) is 2.75. The van der Waals surface area contributed by atoms with Crippen LogP contribution in [0.15, 0.2) is 16.5 Å². The summed E-state index contributed by atoms with van der Waals surface area (Å²) in [7, 11) is 0. The first-order valence-electron chi connectivity index (χ1n) is 6.55. The number of hydrogen-bond acceptors (Lipinski definition) is 3. The van der Waals surface area contributed by atoms with Gasteiger partial charge < -0.3 is 14.8 Å². The van der Waals surface area contributed by atoms with Gasteiger partial charge in [0.2, 0.25) is 0 Å². The van der Waals surface area contributed by atoms with E-state index in [1.165, 1.54) is 0 Å². The average Bonchev–Trinajstić information content (AvgIpc) is 2.75. The molecular weight excluding hydrogens is 246 g/mol. The van der Waals surface area contributed by atoms with Gasteiger partial charge in [-0.3, -0.25) is 4.79 Å². The zero-order chi connectivity index (χ0) is 14.0. The smallest absolute Gasteiger partial charge is 0.329 e. The van der Waals surface area contributed by atoms with E-state index in [0.717, 1.165) is 12.8 Å². The van der Waals surface area contributed by atoms with Crippen LogP contribution in [-0.2, 0) is 4.79 Å². The average molecular weight is 265 g/mol. The van der Waals surface area contributed by atoms with Gasteiger partial charge in [-0.2, -0.15) is 0 Å². The first-order chi connectivity index (χ1) is 8.93. The Labute approximate surface area is 112 Å². The molecule has 1 aromatic heterocycles. The van der Waals surface area contributed by atoms with E-state index in [1.807, 2.05) is 6.92 Å². The van der Waals surface area contributed by atoms with Gasteiger partial charge in [-0.1, -0.05) is 19.8 Å². The van der Waals surface area contributed by atoms with Crippen molar-refractivity contribution in [1.82, 2.24) is 5.32 Å². The maximum atomic E-state index is 12.1. The van der Waals surface area contributed by atoms with E-state index in [9.17, 15) is 14.7 Å². The third-order valence-electron chi connectivity index (χ3n) is 3.72. The van der Waals surface area contributed by atoms with Crippen LogP contribution >= 0.6 is 0 Å². The van der Waals surface area contributed by atoms with Crippen molar-refractivity contribution < 1.29 is 19.1 Å². The summed E-state index contributed by atoms with van der Waals surface area (Å²) in [6, 6.07) is 3.25. The minimum atomic E-state index is -1.16. The molecule has 5 heteroatoms.